The van der Waals surface area contributed by atoms with Crippen molar-refractivity contribution < 1.29 is 4.42 Å². The lowest BCUT2D eigenvalue weighted by atomic mass is 9.96. The van der Waals surface area contributed by atoms with Crippen molar-refractivity contribution in [3.63, 3.8) is 0 Å². The van der Waals surface area contributed by atoms with Gasteiger partial charge in [-0.1, -0.05) is 158 Å². The van der Waals surface area contributed by atoms with Crippen LogP contribution in [0, 0.1) is 0 Å². The van der Waals surface area contributed by atoms with E-state index in [1.807, 2.05) is 54.6 Å². The number of nitrogens with zero attached hydrogens (tertiary/aromatic N) is 3. The molecule has 8 aromatic rings. The molecular formula is C44H31N3O. The quantitative estimate of drug-likeness (QED) is 0.135. The highest BCUT2D eigenvalue weighted by Gasteiger charge is 2.19. The van der Waals surface area contributed by atoms with Gasteiger partial charge in [0.25, 0.3) is 0 Å². The van der Waals surface area contributed by atoms with Crippen LogP contribution in [-0.4, -0.2) is 18.4 Å². The first-order valence-corrected chi connectivity index (χ1v) is 16.0. The molecule has 1 heterocycles. The third kappa shape index (κ3) is 5.50. The van der Waals surface area contributed by atoms with Gasteiger partial charge in [-0.15, -0.1) is 0 Å². The Labute approximate surface area is 279 Å². The molecule has 0 spiro atoms. The topological polar surface area (TPSA) is 50.2 Å². The smallest absolute Gasteiger partial charge is 0.161 e. The number of hydrogen-bond acceptors (Lipinski definition) is 2. The third-order valence-corrected chi connectivity index (χ3v) is 8.71. The first-order chi connectivity index (χ1) is 23.8. The van der Waals surface area contributed by atoms with Crippen molar-refractivity contribution in [2.75, 3.05) is 0 Å². The summed E-state index contributed by atoms with van der Waals surface area (Å²) in [5.74, 6) is 1.07. The van der Waals surface area contributed by atoms with E-state index < -0.39 is 0 Å². The van der Waals surface area contributed by atoms with Crippen LogP contribution >= 0.6 is 0 Å². The average Bonchev–Trinajstić information content (AvgIpc) is 3.55. The summed E-state index contributed by atoms with van der Waals surface area (Å²) in [6.07, 6.45) is 0. The van der Waals surface area contributed by atoms with Crippen LogP contribution in [0.15, 0.2) is 183 Å². The normalized spacial score (nSPS) is 12.2. The van der Waals surface area contributed by atoms with Crippen LogP contribution in [0.3, 0.4) is 0 Å². The molecule has 4 nitrogen and oxygen atoms in total. The Hall–Kier alpha value is -6.39. The minimum absolute atomic E-state index is 0.484. The van der Waals surface area contributed by atoms with Gasteiger partial charge in [-0.05, 0) is 45.8 Å². The predicted octanol–water partition coefficient (Wildman–Crippen LogP) is 11.2. The molecule has 0 saturated heterocycles. The second-order valence-corrected chi connectivity index (χ2v) is 11.7. The highest BCUT2D eigenvalue weighted by Crippen LogP contribution is 2.39. The van der Waals surface area contributed by atoms with E-state index in [0.717, 1.165) is 60.9 Å². The maximum absolute atomic E-state index is 6.63. The van der Waals surface area contributed by atoms with E-state index in [0.29, 0.717) is 18.2 Å². The number of aliphatic imine (C=N–C) groups is 3. The maximum Gasteiger partial charge on any atom is 0.161 e. The molecule has 228 valence electrons. The summed E-state index contributed by atoms with van der Waals surface area (Å²) in [4.78, 5) is 14.6. The summed E-state index contributed by atoms with van der Waals surface area (Å²) in [6, 6.07) is 56.1. The van der Waals surface area contributed by atoms with E-state index in [1.54, 1.807) is 0 Å². The number of fused-ring (bicyclic) bond motifs is 4. The van der Waals surface area contributed by atoms with Crippen molar-refractivity contribution >= 4 is 51.1 Å². The third-order valence-electron chi connectivity index (χ3n) is 8.71. The van der Waals surface area contributed by atoms with E-state index in [4.69, 9.17) is 14.4 Å². The van der Waals surface area contributed by atoms with Gasteiger partial charge in [-0.25, -0.2) is 9.98 Å². The number of benzene rings is 7. The van der Waals surface area contributed by atoms with Gasteiger partial charge in [-0.2, -0.15) is 0 Å². The van der Waals surface area contributed by atoms with Crippen molar-refractivity contribution in [3.8, 4) is 22.3 Å². The van der Waals surface area contributed by atoms with Gasteiger partial charge in [0.15, 0.2) is 11.7 Å². The molecule has 0 radical (unpaired) electrons. The summed E-state index contributed by atoms with van der Waals surface area (Å²) in [5, 5.41) is 4.31. The molecule has 7 aromatic carbocycles. The van der Waals surface area contributed by atoms with E-state index in [2.05, 4.69) is 121 Å². The Morgan fingerprint density at radius 1 is 0.542 bits per heavy atom. The molecule has 0 aliphatic rings. The fourth-order valence-corrected chi connectivity index (χ4v) is 6.37. The SMILES string of the molecule is C=NC(=NC(=NCc1ccccc1)c1ccc(-c2ccccc2)cc1)c1cccc2oc3c(-c4cccc5ccccc45)cccc3c12. The van der Waals surface area contributed by atoms with Crippen LogP contribution in [0.4, 0.5) is 0 Å². The van der Waals surface area contributed by atoms with Crippen LogP contribution in [0.5, 0.6) is 0 Å². The second kappa shape index (κ2) is 12.8. The van der Waals surface area contributed by atoms with Crippen LogP contribution in [0.2, 0.25) is 0 Å². The first-order valence-electron chi connectivity index (χ1n) is 16.0. The Kier molecular flexibility index (Phi) is 7.73. The molecule has 0 bridgehead atoms. The highest BCUT2D eigenvalue weighted by atomic mass is 16.3. The number of amidine groups is 2. The molecule has 0 atom stereocenters. The second-order valence-electron chi connectivity index (χ2n) is 11.7. The maximum atomic E-state index is 6.63. The molecule has 0 aliphatic heterocycles. The van der Waals surface area contributed by atoms with E-state index in [9.17, 15) is 0 Å². The van der Waals surface area contributed by atoms with Gasteiger partial charge in [0.2, 0.25) is 0 Å². The number of para-hydroxylation sites is 1. The minimum atomic E-state index is 0.484. The molecule has 0 N–H and O–H groups in total. The molecule has 0 fully saturated rings. The zero-order chi connectivity index (χ0) is 32.3. The summed E-state index contributed by atoms with van der Waals surface area (Å²) in [5.41, 5.74) is 8.89. The predicted molar refractivity (Wildman–Crippen MR) is 201 cm³/mol. The monoisotopic (exact) mass is 617 g/mol. The zero-order valence-corrected chi connectivity index (χ0v) is 26.3. The van der Waals surface area contributed by atoms with E-state index >= 15 is 0 Å². The van der Waals surface area contributed by atoms with E-state index in [-0.39, 0.29) is 0 Å². The minimum Gasteiger partial charge on any atom is -0.455 e. The lowest BCUT2D eigenvalue weighted by Crippen LogP contribution is -2.06. The van der Waals surface area contributed by atoms with Crippen LogP contribution < -0.4 is 0 Å². The van der Waals surface area contributed by atoms with Crippen molar-refractivity contribution in [1.29, 1.82) is 0 Å². The van der Waals surface area contributed by atoms with Crippen molar-refractivity contribution in [1.82, 2.24) is 0 Å². The molecular weight excluding hydrogens is 587 g/mol. The standard InChI is InChI=1S/C44H31N3O/c1-45-44(47-43(46-29-30-13-4-2-5-14-30)34-27-25-32(26-28-34)31-15-6-3-7-16-31)39-23-12-24-40-41(39)38-22-11-21-37(42(38)48-40)36-20-10-18-33-17-8-9-19-35(33)36/h2-28H,1,29H2. The molecule has 8 rings (SSSR count). The molecule has 0 amide bonds. The molecule has 48 heavy (non-hydrogen) atoms. The van der Waals surface area contributed by atoms with Gasteiger partial charge in [0.05, 0.1) is 6.54 Å². The zero-order valence-electron chi connectivity index (χ0n) is 26.3. The Balaban J connectivity index is 1.27. The van der Waals surface area contributed by atoms with Crippen LogP contribution in [0.1, 0.15) is 16.7 Å². The Morgan fingerprint density at radius 3 is 2.00 bits per heavy atom. The number of furan rings is 1. The van der Waals surface area contributed by atoms with Crippen molar-refractivity contribution in [3.05, 3.63) is 180 Å². The number of hydrogen-bond donors (Lipinski definition) is 0. The van der Waals surface area contributed by atoms with Gasteiger partial charge in [0.1, 0.15) is 11.2 Å². The summed E-state index contributed by atoms with van der Waals surface area (Å²) in [6.45, 7) is 4.44. The summed E-state index contributed by atoms with van der Waals surface area (Å²) < 4.78 is 6.63. The lowest BCUT2D eigenvalue weighted by Gasteiger charge is -2.09. The fraction of sp³-hybridized carbons (Fsp3) is 0.0227. The van der Waals surface area contributed by atoms with Crippen LogP contribution in [0.25, 0.3) is 55.0 Å². The van der Waals surface area contributed by atoms with Crippen molar-refractivity contribution in [2.24, 2.45) is 15.0 Å². The first kappa shape index (κ1) is 29.0. The van der Waals surface area contributed by atoms with Gasteiger partial charge < -0.3 is 4.42 Å². The summed E-state index contributed by atoms with van der Waals surface area (Å²) >= 11 is 0. The van der Waals surface area contributed by atoms with Gasteiger partial charge >= 0.3 is 0 Å². The Bertz CT molecular complexity index is 2470. The molecule has 0 unspecified atom stereocenters. The van der Waals surface area contributed by atoms with Crippen molar-refractivity contribution in [2.45, 2.75) is 6.54 Å². The largest absolute Gasteiger partial charge is 0.455 e. The molecule has 4 heteroatoms. The van der Waals surface area contributed by atoms with E-state index in [1.165, 1.54) is 10.8 Å². The molecule has 1 aromatic heterocycles. The van der Waals surface area contributed by atoms with Gasteiger partial charge in [0, 0.05) is 27.5 Å². The van der Waals surface area contributed by atoms with Crippen LogP contribution in [-0.2, 0) is 6.54 Å². The fourth-order valence-electron chi connectivity index (χ4n) is 6.37. The molecule has 0 saturated carbocycles. The number of rotatable bonds is 6. The lowest BCUT2D eigenvalue weighted by molar-refractivity contribution is 0.670. The molecule has 0 aliphatic carbocycles. The summed E-state index contributed by atoms with van der Waals surface area (Å²) in [7, 11) is 0. The average molecular weight is 618 g/mol. The highest BCUT2D eigenvalue weighted by molar-refractivity contribution is 6.23. The van der Waals surface area contributed by atoms with Gasteiger partial charge in [-0.3, -0.25) is 4.99 Å². The Morgan fingerprint density at radius 2 is 1.19 bits per heavy atom.